The van der Waals surface area contributed by atoms with Gasteiger partial charge in [0.25, 0.3) is 5.91 Å². The molecule has 2 atom stereocenters. The molecule has 0 unspecified atom stereocenters. The van der Waals surface area contributed by atoms with Gasteiger partial charge in [0.2, 0.25) is 0 Å². The topological polar surface area (TPSA) is 85.3 Å². The van der Waals surface area contributed by atoms with E-state index in [-0.39, 0.29) is 25.0 Å². The van der Waals surface area contributed by atoms with E-state index in [2.05, 4.69) is 0 Å². The molecule has 2 aliphatic heterocycles. The summed E-state index contributed by atoms with van der Waals surface area (Å²) in [5.41, 5.74) is 0.529. The molecule has 0 saturated carbocycles. The Kier molecular flexibility index (Phi) is 5.88. The van der Waals surface area contributed by atoms with Crippen LogP contribution in [0.3, 0.4) is 0 Å². The zero-order valence-corrected chi connectivity index (χ0v) is 14.1. The second-order valence-electron chi connectivity index (χ2n) is 6.32. The van der Waals surface area contributed by atoms with Crippen molar-refractivity contribution < 1.29 is 28.9 Å². The highest BCUT2D eigenvalue weighted by molar-refractivity contribution is 5.94. The van der Waals surface area contributed by atoms with E-state index in [1.165, 1.54) is 0 Å². The molecule has 0 spiro atoms. The van der Waals surface area contributed by atoms with Crippen molar-refractivity contribution in [1.29, 1.82) is 0 Å². The van der Waals surface area contributed by atoms with Crippen LogP contribution >= 0.6 is 0 Å². The SMILES string of the molecule is O=C(O)C[C@@H]1CN(C(=O)c2cccc(OC[C@@H]3CCCO3)c2)CCO1. The molecule has 1 aromatic rings. The van der Waals surface area contributed by atoms with E-state index in [0.717, 1.165) is 19.4 Å². The fourth-order valence-corrected chi connectivity index (χ4v) is 3.09. The Morgan fingerprint density at radius 1 is 1.24 bits per heavy atom. The molecular weight excluding hydrogens is 326 g/mol. The molecule has 25 heavy (non-hydrogen) atoms. The van der Waals surface area contributed by atoms with Crippen LogP contribution in [0, 0.1) is 0 Å². The van der Waals surface area contributed by atoms with Crippen molar-refractivity contribution in [3.05, 3.63) is 29.8 Å². The second kappa shape index (κ2) is 8.31. The van der Waals surface area contributed by atoms with Crippen LogP contribution in [0.1, 0.15) is 29.6 Å². The van der Waals surface area contributed by atoms with Gasteiger partial charge >= 0.3 is 5.97 Å². The molecule has 2 fully saturated rings. The molecule has 1 aromatic carbocycles. The number of carboxylic acids is 1. The Balaban J connectivity index is 1.59. The third kappa shape index (κ3) is 4.93. The summed E-state index contributed by atoms with van der Waals surface area (Å²) in [5.74, 6) is -0.429. The summed E-state index contributed by atoms with van der Waals surface area (Å²) in [6, 6.07) is 7.06. The molecule has 2 saturated heterocycles. The van der Waals surface area contributed by atoms with E-state index < -0.39 is 12.1 Å². The molecule has 0 bridgehead atoms. The van der Waals surface area contributed by atoms with Crippen LogP contribution in [0.5, 0.6) is 5.75 Å². The van der Waals surface area contributed by atoms with Crippen molar-refractivity contribution in [1.82, 2.24) is 4.90 Å². The van der Waals surface area contributed by atoms with Crippen molar-refractivity contribution in [2.75, 3.05) is 32.9 Å². The van der Waals surface area contributed by atoms with Crippen LogP contribution in [-0.4, -0.2) is 67.0 Å². The number of hydrogen-bond acceptors (Lipinski definition) is 5. The lowest BCUT2D eigenvalue weighted by atomic mass is 10.1. The molecule has 0 aliphatic carbocycles. The first-order valence-electron chi connectivity index (χ1n) is 8.59. The highest BCUT2D eigenvalue weighted by atomic mass is 16.5. The molecule has 3 rings (SSSR count). The molecule has 1 N–H and O–H groups in total. The zero-order valence-electron chi connectivity index (χ0n) is 14.1. The molecule has 2 aliphatic rings. The lowest BCUT2D eigenvalue weighted by molar-refractivity contribution is -0.141. The number of morpholine rings is 1. The molecule has 136 valence electrons. The number of carbonyl (C=O) groups excluding carboxylic acids is 1. The lowest BCUT2D eigenvalue weighted by Gasteiger charge is -2.32. The third-order valence-electron chi connectivity index (χ3n) is 4.37. The van der Waals surface area contributed by atoms with Gasteiger partial charge in [-0.05, 0) is 31.0 Å². The Morgan fingerprint density at radius 3 is 2.84 bits per heavy atom. The molecule has 7 nitrogen and oxygen atoms in total. The molecule has 7 heteroatoms. The van der Waals surface area contributed by atoms with Gasteiger partial charge in [-0.3, -0.25) is 9.59 Å². The number of carbonyl (C=O) groups is 2. The van der Waals surface area contributed by atoms with Gasteiger partial charge in [-0.15, -0.1) is 0 Å². The number of ether oxygens (including phenoxy) is 3. The Morgan fingerprint density at radius 2 is 2.08 bits per heavy atom. The first-order chi connectivity index (χ1) is 12.1. The van der Waals surface area contributed by atoms with E-state index in [1.54, 1.807) is 23.1 Å². The van der Waals surface area contributed by atoms with Crippen LogP contribution in [-0.2, 0) is 14.3 Å². The van der Waals surface area contributed by atoms with Crippen molar-refractivity contribution in [2.24, 2.45) is 0 Å². The quantitative estimate of drug-likeness (QED) is 0.839. The summed E-state index contributed by atoms with van der Waals surface area (Å²) in [7, 11) is 0. The maximum Gasteiger partial charge on any atom is 0.306 e. The third-order valence-corrected chi connectivity index (χ3v) is 4.37. The number of benzene rings is 1. The van der Waals surface area contributed by atoms with Gasteiger partial charge < -0.3 is 24.2 Å². The summed E-state index contributed by atoms with van der Waals surface area (Å²) in [6.45, 7) is 2.35. The first-order valence-corrected chi connectivity index (χ1v) is 8.59. The maximum atomic E-state index is 12.7. The Hall–Kier alpha value is -2.12. The lowest BCUT2D eigenvalue weighted by Crippen LogP contribution is -2.46. The summed E-state index contributed by atoms with van der Waals surface area (Å²) in [6.07, 6.45) is 1.61. The maximum absolute atomic E-state index is 12.7. The molecular formula is C18H23NO6. The number of aliphatic carboxylic acids is 1. The predicted octanol–water partition coefficient (Wildman–Crippen LogP) is 1.56. The van der Waals surface area contributed by atoms with Crippen LogP contribution in [0.25, 0.3) is 0 Å². The predicted molar refractivity (Wildman–Crippen MR) is 88.8 cm³/mol. The molecule has 1 amide bonds. The average molecular weight is 349 g/mol. The van der Waals surface area contributed by atoms with Gasteiger partial charge in [-0.25, -0.2) is 0 Å². The van der Waals surface area contributed by atoms with Crippen molar-refractivity contribution in [3.63, 3.8) is 0 Å². The average Bonchev–Trinajstić information content (AvgIpc) is 3.13. The second-order valence-corrected chi connectivity index (χ2v) is 6.32. The number of rotatable bonds is 6. The zero-order chi connectivity index (χ0) is 17.6. The van der Waals surface area contributed by atoms with Gasteiger partial charge in [0.1, 0.15) is 12.4 Å². The van der Waals surface area contributed by atoms with Crippen LogP contribution in [0.15, 0.2) is 24.3 Å². The summed E-state index contributed by atoms with van der Waals surface area (Å²) >= 11 is 0. The number of amides is 1. The van der Waals surface area contributed by atoms with E-state index >= 15 is 0 Å². The Labute approximate surface area is 146 Å². The van der Waals surface area contributed by atoms with Crippen LogP contribution in [0.2, 0.25) is 0 Å². The largest absolute Gasteiger partial charge is 0.491 e. The normalized spacial score (nSPS) is 23.4. The monoisotopic (exact) mass is 349 g/mol. The smallest absolute Gasteiger partial charge is 0.306 e. The number of hydrogen-bond donors (Lipinski definition) is 1. The minimum Gasteiger partial charge on any atom is -0.491 e. The van der Waals surface area contributed by atoms with E-state index in [1.807, 2.05) is 6.07 Å². The van der Waals surface area contributed by atoms with Gasteiger partial charge in [0.05, 0.1) is 25.2 Å². The van der Waals surface area contributed by atoms with Crippen molar-refractivity contribution in [2.45, 2.75) is 31.5 Å². The van der Waals surface area contributed by atoms with Crippen LogP contribution in [0.4, 0.5) is 0 Å². The molecule has 0 radical (unpaired) electrons. The minimum atomic E-state index is -0.927. The molecule has 0 aromatic heterocycles. The summed E-state index contributed by atoms with van der Waals surface area (Å²) < 4.78 is 16.7. The van der Waals surface area contributed by atoms with Crippen molar-refractivity contribution >= 4 is 11.9 Å². The van der Waals surface area contributed by atoms with E-state index in [9.17, 15) is 9.59 Å². The summed E-state index contributed by atoms with van der Waals surface area (Å²) in [5, 5.41) is 8.88. The van der Waals surface area contributed by atoms with Crippen molar-refractivity contribution in [3.8, 4) is 5.75 Å². The van der Waals surface area contributed by atoms with Gasteiger partial charge in [0.15, 0.2) is 0 Å². The standard InChI is InChI=1S/C18H23NO6/c20-17(21)10-16-11-19(6-8-24-16)18(22)13-3-1-4-14(9-13)25-12-15-5-2-7-23-15/h1,3-4,9,15-16H,2,5-8,10-12H2,(H,20,21)/t15-,16+/m0/s1. The van der Waals surface area contributed by atoms with Gasteiger partial charge in [0, 0.05) is 25.3 Å². The minimum absolute atomic E-state index is 0.103. The highest BCUT2D eigenvalue weighted by Crippen LogP contribution is 2.19. The Bertz CT molecular complexity index is 613. The first kappa shape index (κ1) is 17.7. The number of carboxylic acid groups (broad SMARTS) is 1. The number of nitrogens with zero attached hydrogens (tertiary/aromatic N) is 1. The summed E-state index contributed by atoms with van der Waals surface area (Å²) in [4.78, 5) is 25.2. The highest BCUT2D eigenvalue weighted by Gasteiger charge is 2.26. The fraction of sp³-hybridized carbons (Fsp3) is 0.556. The van der Waals surface area contributed by atoms with E-state index in [4.69, 9.17) is 19.3 Å². The van der Waals surface area contributed by atoms with Gasteiger partial charge in [-0.2, -0.15) is 0 Å². The fourth-order valence-electron chi connectivity index (χ4n) is 3.09. The van der Waals surface area contributed by atoms with E-state index in [0.29, 0.717) is 31.1 Å². The van der Waals surface area contributed by atoms with Gasteiger partial charge in [-0.1, -0.05) is 6.07 Å². The molecule has 2 heterocycles. The van der Waals surface area contributed by atoms with Crippen LogP contribution < -0.4 is 4.74 Å².